The Balaban J connectivity index is 1.39. The molecular formula is C19H28ClN3O2. The maximum Gasteiger partial charge on any atom is 0.317 e. The van der Waals surface area contributed by atoms with Crippen LogP contribution in [-0.4, -0.2) is 60.7 Å². The number of piperidine rings is 1. The van der Waals surface area contributed by atoms with Crippen LogP contribution in [0.4, 0.5) is 4.79 Å². The summed E-state index contributed by atoms with van der Waals surface area (Å²) in [5.74, 6) is 0.728. The zero-order valence-electron chi connectivity index (χ0n) is 14.9. The Kier molecular flexibility index (Phi) is 6.43. The summed E-state index contributed by atoms with van der Waals surface area (Å²) in [5, 5.41) is 3.72. The van der Waals surface area contributed by atoms with E-state index in [1.165, 1.54) is 12.8 Å². The van der Waals surface area contributed by atoms with Gasteiger partial charge in [0.05, 0.1) is 5.02 Å². The van der Waals surface area contributed by atoms with Crippen LogP contribution in [0.1, 0.15) is 32.6 Å². The Morgan fingerprint density at radius 1 is 1.24 bits per heavy atom. The molecule has 1 atom stereocenters. The molecule has 0 radical (unpaired) electrons. The van der Waals surface area contributed by atoms with E-state index in [2.05, 4.69) is 17.1 Å². The number of nitrogens with one attached hydrogen (secondary N) is 1. The minimum Gasteiger partial charge on any atom is -0.489 e. The fourth-order valence-electron chi connectivity index (χ4n) is 3.55. The van der Waals surface area contributed by atoms with Crippen molar-refractivity contribution in [3.05, 3.63) is 29.3 Å². The average Bonchev–Trinajstić information content (AvgIpc) is 3.17. The molecule has 0 spiro atoms. The lowest BCUT2D eigenvalue weighted by atomic mass is 10.1. The molecule has 5 nitrogen and oxygen atoms in total. The van der Waals surface area contributed by atoms with Gasteiger partial charge in [-0.3, -0.25) is 4.90 Å². The number of nitrogens with zero attached hydrogens (tertiary/aromatic N) is 2. The topological polar surface area (TPSA) is 44.8 Å². The molecule has 1 N–H and O–H groups in total. The number of carbonyl (C=O) groups is 1. The molecule has 2 amide bonds. The Bertz CT molecular complexity index is 570. The van der Waals surface area contributed by atoms with E-state index in [1.54, 1.807) is 0 Å². The second-order valence-electron chi connectivity index (χ2n) is 7.01. The van der Waals surface area contributed by atoms with Crippen LogP contribution in [0.25, 0.3) is 0 Å². The summed E-state index contributed by atoms with van der Waals surface area (Å²) in [6.07, 6.45) is 4.34. The molecule has 2 fully saturated rings. The van der Waals surface area contributed by atoms with E-state index in [1.807, 2.05) is 29.2 Å². The first-order chi connectivity index (χ1) is 12.1. The summed E-state index contributed by atoms with van der Waals surface area (Å²) < 4.78 is 5.98. The molecule has 0 aromatic heterocycles. The zero-order chi connectivity index (χ0) is 17.6. The van der Waals surface area contributed by atoms with Gasteiger partial charge in [0.1, 0.15) is 11.9 Å². The molecular weight excluding hydrogens is 338 g/mol. The van der Waals surface area contributed by atoms with Crippen molar-refractivity contribution in [2.24, 2.45) is 0 Å². The number of benzene rings is 1. The largest absolute Gasteiger partial charge is 0.489 e. The Morgan fingerprint density at radius 3 is 2.60 bits per heavy atom. The summed E-state index contributed by atoms with van der Waals surface area (Å²) in [4.78, 5) is 16.7. The molecule has 1 aromatic carbocycles. The number of rotatable bonds is 5. The van der Waals surface area contributed by atoms with Gasteiger partial charge in [-0.05, 0) is 45.0 Å². The number of carbonyl (C=O) groups excluding carboxylic acids is 1. The van der Waals surface area contributed by atoms with Crippen molar-refractivity contribution in [2.45, 2.75) is 44.8 Å². The van der Waals surface area contributed by atoms with Gasteiger partial charge in [-0.25, -0.2) is 4.79 Å². The van der Waals surface area contributed by atoms with Gasteiger partial charge in [-0.15, -0.1) is 0 Å². The summed E-state index contributed by atoms with van der Waals surface area (Å²) in [5.41, 5.74) is 0. The number of likely N-dealkylation sites (tertiary alicyclic amines) is 2. The summed E-state index contributed by atoms with van der Waals surface area (Å²) in [6, 6.07) is 7.99. The fraction of sp³-hybridized carbons (Fsp3) is 0.632. The van der Waals surface area contributed by atoms with Crippen LogP contribution >= 0.6 is 11.6 Å². The third kappa shape index (κ3) is 5.02. The van der Waals surface area contributed by atoms with Gasteiger partial charge in [0.25, 0.3) is 0 Å². The number of amides is 2. The summed E-state index contributed by atoms with van der Waals surface area (Å²) in [7, 11) is 0. The minimum atomic E-state index is 0.0437. The molecule has 2 saturated heterocycles. The van der Waals surface area contributed by atoms with Crippen molar-refractivity contribution >= 4 is 17.6 Å². The number of halogens is 1. The van der Waals surface area contributed by atoms with Gasteiger partial charge < -0.3 is 15.0 Å². The van der Waals surface area contributed by atoms with E-state index in [9.17, 15) is 4.79 Å². The third-order valence-corrected chi connectivity index (χ3v) is 5.48. The van der Waals surface area contributed by atoms with E-state index < -0.39 is 0 Å². The smallest absolute Gasteiger partial charge is 0.317 e. The van der Waals surface area contributed by atoms with Crippen LogP contribution in [0, 0.1) is 0 Å². The third-order valence-electron chi connectivity index (χ3n) is 5.17. The minimum absolute atomic E-state index is 0.0437. The maximum absolute atomic E-state index is 12.4. The molecule has 25 heavy (non-hydrogen) atoms. The number of para-hydroxylation sites is 1. The first kappa shape index (κ1) is 18.3. The molecule has 3 rings (SSSR count). The first-order valence-corrected chi connectivity index (χ1v) is 9.69. The highest BCUT2D eigenvalue weighted by molar-refractivity contribution is 6.32. The van der Waals surface area contributed by atoms with Gasteiger partial charge in [-0.1, -0.05) is 23.7 Å². The van der Waals surface area contributed by atoms with Crippen molar-refractivity contribution in [3.8, 4) is 5.75 Å². The predicted octanol–water partition coefficient (Wildman–Crippen LogP) is 3.38. The number of urea groups is 1. The lowest BCUT2D eigenvalue weighted by Gasteiger charge is -2.33. The van der Waals surface area contributed by atoms with Crippen LogP contribution in [0.3, 0.4) is 0 Å². The highest BCUT2D eigenvalue weighted by Crippen LogP contribution is 2.26. The maximum atomic E-state index is 12.4. The van der Waals surface area contributed by atoms with Crippen LogP contribution in [0.2, 0.25) is 5.02 Å². The molecule has 2 heterocycles. The second kappa shape index (κ2) is 8.77. The molecule has 2 aliphatic rings. The molecule has 138 valence electrons. The Hall–Kier alpha value is -1.46. The first-order valence-electron chi connectivity index (χ1n) is 9.31. The highest BCUT2D eigenvalue weighted by Gasteiger charge is 2.25. The quantitative estimate of drug-likeness (QED) is 0.870. The van der Waals surface area contributed by atoms with Crippen molar-refractivity contribution in [2.75, 3.05) is 32.7 Å². The van der Waals surface area contributed by atoms with Crippen LogP contribution in [-0.2, 0) is 0 Å². The SMILES string of the molecule is CC(CNC(=O)N1CCC(Oc2ccccc2Cl)CC1)N1CCCC1. The van der Waals surface area contributed by atoms with Crippen LogP contribution in [0.15, 0.2) is 24.3 Å². The zero-order valence-corrected chi connectivity index (χ0v) is 15.7. The molecule has 1 aromatic rings. The van der Waals surface area contributed by atoms with E-state index in [-0.39, 0.29) is 12.1 Å². The van der Waals surface area contributed by atoms with Crippen LogP contribution in [0.5, 0.6) is 5.75 Å². The van der Waals surface area contributed by atoms with Crippen molar-refractivity contribution in [1.82, 2.24) is 15.1 Å². The van der Waals surface area contributed by atoms with Gasteiger partial charge in [0.15, 0.2) is 0 Å². The van der Waals surface area contributed by atoms with Crippen molar-refractivity contribution in [3.63, 3.8) is 0 Å². The van der Waals surface area contributed by atoms with Gasteiger partial charge in [-0.2, -0.15) is 0 Å². The number of hydrogen-bond acceptors (Lipinski definition) is 3. The van der Waals surface area contributed by atoms with E-state index in [4.69, 9.17) is 16.3 Å². The van der Waals surface area contributed by atoms with Crippen LogP contribution < -0.4 is 10.1 Å². The van der Waals surface area contributed by atoms with Crippen molar-refractivity contribution in [1.29, 1.82) is 0 Å². The summed E-state index contributed by atoms with van der Waals surface area (Å²) in [6.45, 7) is 6.66. The van der Waals surface area contributed by atoms with E-state index in [0.29, 0.717) is 11.1 Å². The average molecular weight is 366 g/mol. The number of hydrogen-bond donors (Lipinski definition) is 1. The molecule has 0 bridgehead atoms. The number of ether oxygens (including phenoxy) is 1. The lowest BCUT2D eigenvalue weighted by Crippen LogP contribution is -2.49. The highest BCUT2D eigenvalue weighted by atomic mass is 35.5. The monoisotopic (exact) mass is 365 g/mol. The molecule has 1 unspecified atom stereocenters. The van der Waals surface area contributed by atoms with Gasteiger partial charge in [0.2, 0.25) is 0 Å². The van der Waals surface area contributed by atoms with Gasteiger partial charge >= 0.3 is 6.03 Å². The fourth-order valence-corrected chi connectivity index (χ4v) is 3.74. The molecule has 0 aliphatic carbocycles. The predicted molar refractivity (Wildman–Crippen MR) is 100 cm³/mol. The molecule has 0 saturated carbocycles. The normalized spacial score (nSPS) is 20.5. The Labute approximate surface area is 155 Å². The molecule has 6 heteroatoms. The van der Waals surface area contributed by atoms with E-state index >= 15 is 0 Å². The lowest BCUT2D eigenvalue weighted by molar-refractivity contribution is 0.110. The Morgan fingerprint density at radius 2 is 1.92 bits per heavy atom. The molecule has 2 aliphatic heterocycles. The summed E-state index contributed by atoms with van der Waals surface area (Å²) >= 11 is 6.14. The standard InChI is InChI=1S/C19H28ClN3O2/c1-15(22-10-4-5-11-22)14-21-19(24)23-12-8-16(9-13-23)25-18-7-3-2-6-17(18)20/h2-3,6-7,15-16H,4-5,8-14H2,1H3,(H,21,24). The van der Waals surface area contributed by atoms with Crippen molar-refractivity contribution < 1.29 is 9.53 Å². The second-order valence-corrected chi connectivity index (χ2v) is 7.42. The van der Waals surface area contributed by atoms with E-state index in [0.717, 1.165) is 51.3 Å². The van der Waals surface area contributed by atoms with Gasteiger partial charge in [0, 0.05) is 38.5 Å².